The van der Waals surface area contributed by atoms with E-state index in [0.717, 1.165) is 55.8 Å². The molecule has 3 rings (SSSR count). The summed E-state index contributed by atoms with van der Waals surface area (Å²) in [6.07, 6.45) is 7.07. The minimum atomic E-state index is -0.591. The number of hydrogen-bond acceptors (Lipinski definition) is 2. The Bertz CT molecular complexity index is 814. The van der Waals surface area contributed by atoms with Crippen molar-refractivity contribution < 1.29 is 14.6 Å². The molecule has 1 aliphatic rings. The van der Waals surface area contributed by atoms with Crippen molar-refractivity contribution in [3.05, 3.63) is 58.9 Å². The monoisotopic (exact) mass is 418 g/mol. The van der Waals surface area contributed by atoms with E-state index in [0.29, 0.717) is 5.75 Å². The smallest absolute Gasteiger partial charge is 0.164 e. The number of aromatic hydroxyl groups is 2. The van der Waals surface area contributed by atoms with Crippen molar-refractivity contribution >= 4 is 27.1 Å². The zero-order chi connectivity index (χ0) is 18.5. The maximum atomic E-state index is 13.5. The fourth-order valence-corrected chi connectivity index (χ4v) is 4.12. The van der Waals surface area contributed by atoms with Gasteiger partial charge in [0.25, 0.3) is 0 Å². The van der Waals surface area contributed by atoms with Gasteiger partial charge in [-0.1, -0.05) is 34.5 Å². The first-order valence-corrected chi connectivity index (χ1v) is 10.3. The number of aryl methyl sites for hydroxylation is 1. The predicted octanol–water partition coefficient (Wildman–Crippen LogP) is 6.44. The van der Waals surface area contributed by atoms with E-state index in [1.807, 2.05) is 12.1 Å². The topological polar surface area (TPSA) is 40.5 Å². The molecule has 26 heavy (non-hydrogen) atoms. The van der Waals surface area contributed by atoms with Crippen LogP contribution in [0.5, 0.6) is 11.5 Å². The molecule has 0 heterocycles. The molecule has 0 radical (unpaired) electrons. The molecule has 2 nitrogen and oxygen atoms in total. The molecule has 4 heteroatoms. The van der Waals surface area contributed by atoms with E-state index < -0.39 is 5.82 Å². The van der Waals surface area contributed by atoms with Gasteiger partial charge in [-0.15, -0.1) is 0 Å². The Morgan fingerprint density at radius 2 is 1.81 bits per heavy atom. The Labute approximate surface area is 162 Å². The molecule has 2 aromatic carbocycles. The molecule has 0 unspecified atom stereocenters. The lowest BCUT2D eigenvalue weighted by atomic mass is 9.89. The molecule has 0 spiro atoms. The van der Waals surface area contributed by atoms with Crippen molar-refractivity contribution in [1.29, 1.82) is 0 Å². The maximum Gasteiger partial charge on any atom is 0.164 e. The number of phenolic OH excluding ortho intramolecular Hbond substituents is 2. The fourth-order valence-electron chi connectivity index (χ4n) is 3.73. The number of phenols is 2. The highest BCUT2D eigenvalue weighted by atomic mass is 79.9. The van der Waals surface area contributed by atoms with E-state index >= 15 is 0 Å². The normalized spacial score (nSPS) is 14.2. The lowest BCUT2D eigenvalue weighted by Crippen LogP contribution is -1.95. The number of hydrogen-bond donors (Lipinski definition) is 2. The number of allylic oxidation sites excluding steroid dienone is 2. The Morgan fingerprint density at radius 3 is 2.58 bits per heavy atom. The van der Waals surface area contributed by atoms with Gasteiger partial charge < -0.3 is 10.2 Å². The lowest BCUT2D eigenvalue weighted by Gasteiger charge is -2.16. The molecule has 138 valence electrons. The van der Waals surface area contributed by atoms with Gasteiger partial charge in [-0.2, -0.15) is 0 Å². The first-order chi connectivity index (χ1) is 12.6. The zero-order valence-corrected chi connectivity index (χ0v) is 16.4. The molecular formula is C22H24BrFO2. The quantitative estimate of drug-likeness (QED) is 0.418. The van der Waals surface area contributed by atoms with Gasteiger partial charge in [0.15, 0.2) is 11.6 Å². The van der Waals surface area contributed by atoms with Crippen LogP contribution in [0, 0.1) is 5.82 Å². The van der Waals surface area contributed by atoms with E-state index in [4.69, 9.17) is 0 Å². The second-order valence-electron chi connectivity index (χ2n) is 6.82. The Morgan fingerprint density at radius 1 is 0.962 bits per heavy atom. The van der Waals surface area contributed by atoms with E-state index in [2.05, 4.69) is 15.9 Å². The van der Waals surface area contributed by atoms with Crippen molar-refractivity contribution in [2.75, 3.05) is 5.33 Å². The summed E-state index contributed by atoms with van der Waals surface area (Å²) < 4.78 is 13.5. The minimum absolute atomic E-state index is 0.297. The summed E-state index contributed by atoms with van der Waals surface area (Å²) >= 11 is 3.48. The van der Waals surface area contributed by atoms with Crippen molar-refractivity contribution in [3.8, 4) is 11.5 Å². The number of benzene rings is 2. The number of rotatable bonds is 6. The van der Waals surface area contributed by atoms with Crippen molar-refractivity contribution in [2.45, 2.75) is 44.9 Å². The van der Waals surface area contributed by atoms with Crippen LogP contribution in [0.1, 0.15) is 55.2 Å². The predicted molar refractivity (Wildman–Crippen MR) is 108 cm³/mol. The third-order valence-electron chi connectivity index (χ3n) is 5.01. The number of fused-ring (bicyclic) bond motifs is 1. The van der Waals surface area contributed by atoms with E-state index in [-0.39, 0.29) is 5.75 Å². The summed E-state index contributed by atoms with van der Waals surface area (Å²) in [5.74, 6) is -0.596. The molecule has 0 amide bonds. The van der Waals surface area contributed by atoms with Crippen molar-refractivity contribution in [2.24, 2.45) is 0 Å². The van der Waals surface area contributed by atoms with E-state index in [1.54, 1.807) is 12.1 Å². The Balaban J connectivity index is 2.06. The van der Waals surface area contributed by atoms with Gasteiger partial charge in [0.1, 0.15) is 5.75 Å². The van der Waals surface area contributed by atoms with Gasteiger partial charge in [0.05, 0.1) is 0 Å². The first kappa shape index (κ1) is 19.0. The second-order valence-corrected chi connectivity index (χ2v) is 7.61. The highest BCUT2D eigenvalue weighted by molar-refractivity contribution is 9.09. The summed E-state index contributed by atoms with van der Waals surface area (Å²) in [6.45, 7) is 0. The minimum Gasteiger partial charge on any atom is -0.508 e. The van der Waals surface area contributed by atoms with Crippen LogP contribution in [0.4, 0.5) is 4.39 Å². The third-order valence-corrected chi connectivity index (χ3v) is 5.57. The summed E-state index contributed by atoms with van der Waals surface area (Å²) in [4.78, 5) is 0. The number of unbranched alkanes of at least 4 members (excludes halogenated alkanes) is 2. The van der Waals surface area contributed by atoms with Crippen LogP contribution in [0.15, 0.2) is 36.4 Å². The van der Waals surface area contributed by atoms with Gasteiger partial charge in [0.2, 0.25) is 0 Å². The van der Waals surface area contributed by atoms with Crippen LogP contribution in [0.3, 0.4) is 0 Å². The van der Waals surface area contributed by atoms with Gasteiger partial charge >= 0.3 is 0 Å². The standard InChI is InChI=1S/C22H24BrFO2/c23-12-3-1-2-6-20-18(16-8-11-21(24)22(26)14-16)7-4-5-15-13-17(25)9-10-19(15)20/h8-11,13-14,25-26H,1-7,12H2. The summed E-state index contributed by atoms with van der Waals surface area (Å²) in [7, 11) is 0. The molecule has 0 saturated heterocycles. The molecule has 0 aromatic heterocycles. The maximum absolute atomic E-state index is 13.5. The summed E-state index contributed by atoms with van der Waals surface area (Å²) in [5.41, 5.74) is 5.68. The van der Waals surface area contributed by atoms with Crippen LogP contribution in [-0.4, -0.2) is 15.5 Å². The van der Waals surface area contributed by atoms with Crippen LogP contribution >= 0.6 is 15.9 Å². The van der Waals surface area contributed by atoms with Crippen LogP contribution < -0.4 is 0 Å². The molecule has 0 atom stereocenters. The van der Waals surface area contributed by atoms with Gasteiger partial charge in [-0.05, 0) is 90.6 Å². The third kappa shape index (κ3) is 4.29. The van der Waals surface area contributed by atoms with E-state index in [9.17, 15) is 14.6 Å². The molecule has 2 N–H and O–H groups in total. The van der Waals surface area contributed by atoms with Crippen LogP contribution in [0.2, 0.25) is 0 Å². The molecule has 0 aliphatic heterocycles. The molecular weight excluding hydrogens is 395 g/mol. The van der Waals surface area contributed by atoms with Gasteiger partial charge in [-0.3, -0.25) is 0 Å². The Kier molecular flexibility index (Phi) is 6.36. The van der Waals surface area contributed by atoms with Crippen LogP contribution in [0.25, 0.3) is 11.1 Å². The van der Waals surface area contributed by atoms with Gasteiger partial charge in [-0.25, -0.2) is 4.39 Å². The average Bonchev–Trinajstić information content (AvgIpc) is 2.80. The van der Waals surface area contributed by atoms with Crippen LogP contribution in [-0.2, 0) is 6.42 Å². The number of halogens is 2. The average molecular weight is 419 g/mol. The fraction of sp³-hybridized carbons (Fsp3) is 0.364. The largest absolute Gasteiger partial charge is 0.508 e. The molecule has 0 bridgehead atoms. The molecule has 2 aromatic rings. The highest BCUT2D eigenvalue weighted by Gasteiger charge is 2.19. The highest BCUT2D eigenvalue weighted by Crippen LogP contribution is 2.40. The van der Waals surface area contributed by atoms with E-state index in [1.165, 1.54) is 34.4 Å². The van der Waals surface area contributed by atoms with Gasteiger partial charge in [0, 0.05) is 5.33 Å². The first-order valence-electron chi connectivity index (χ1n) is 9.19. The summed E-state index contributed by atoms with van der Waals surface area (Å²) in [5, 5.41) is 20.7. The van der Waals surface area contributed by atoms with Crippen molar-refractivity contribution in [3.63, 3.8) is 0 Å². The SMILES string of the molecule is Oc1ccc2c(c1)CCCC(c1ccc(F)c(O)c1)=C2CCCCCBr. The molecule has 1 aliphatic carbocycles. The van der Waals surface area contributed by atoms with Crippen molar-refractivity contribution in [1.82, 2.24) is 0 Å². The lowest BCUT2D eigenvalue weighted by molar-refractivity contribution is 0.432. The zero-order valence-electron chi connectivity index (χ0n) is 14.8. The summed E-state index contributed by atoms with van der Waals surface area (Å²) in [6, 6.07) is 10.2. The number of alkyl halides is 1. The Hall–Kier alpha value is -1.81. The molecule has 0 saturated carbocycles. The second kappa shape index (κ2) is 8.72. The molecule has 0 fully saturated rings.